The highest BCUT2D eigenvalue weighted by Gasteiger charge is 2.40. The second kappa shape index (κ2) is 6.28. The molecule has 0 saturated carbocycles. The topological polar surface area (TPSA) is 61.5 Å². The van der Waals surface area contributed by atoms with Crippen molar-refractivity contribution in [2.75, 3.05) is 33.3 Å². The minimum absolute atomic E-state index is 0.00471. The molecule has 1 amide bonds. The number of nitrogens with zero attached hydrogens (tertiary/aromatic N) is 3. The number of likely N-dealkylation sites (N-methyl/N-ethyl adjacent to an activating group) is 1. The number of likely N-dealkylation sites (tertiary alicyclic amines) is 1. The van der Waals surface area contributed by atoms with E-state index in [9.17, 15) is 4.79 Å². The predicted molar refractivity (Wildman–Crippen MR) is 95.6 cm³/mol. The number of amides is 1. The molecule has 0 radical (unpaired) electrons. The second-order valence-electron chi connectivity index (χ2n) is 7.15. The van der Waals surface area contributed by atoms with Crippen LogP contribution in [0.15, 0.2) is 24.3 Å². The molecular weight excluding hydrogens is 316 g/mol. The quantitative estimate of drug-likeness (QED) is 0.906. The second-order valence-corrected chi connectivity index (χ2v) is 7.15. The summed E-state index contributed by atoms with van der Waals surface area (Å²) in [6, 6.07) is 8.40. The number of hydrogen-bond donors (Lipinski definition) is 1. The molecule has 0 aliphatic carbocycles. The Morgan fingerprint density at radius 2 is 2.12 bits per heavy atom. The molecule has 2 atom stereocenters. The van der Waals surface area contributed by atoms with Gasteiger partial charge in [-0.25, -0.2) is 0 Å². The fourth-order valence-corrected chi connectivity index (χ4v) is 3.86. The molecule has 25 heavy (non-hydrogen) atoms. The first-order chi connectivity index (χ1) is 12.0. The van der Waals surface area contributed by atoms with E-state index in [4.69, 9.17) is 4.74 Å². The van der Waals surface area contributed by atoms with Gasteiger partial charge in [0.15, 0.2) is 0 Å². The van der Waals surface area contributed by atoms with E-state index in [1.807, 2.05) is 11.0 Å². The van der Waals surface area contributed by atoms with E-state index in [2.05, 4.69) is 54.2 Å². The van der Waals surface area contributed by atoms with E-state index in [0.29, 0.717) is 24.8 Å². The van der Waals surface area contributed by atoms with Gasteiger partial charge < -0.3 is 9.64 Å². The Balaban J connectivity index is 1.53. The fraction of sp³-hybridized carbons (Fsp3) is 0.474. The summed E-state index contributed by atoms with van der Waals surface area (Å²) in [7, 11) is 2.10. The number of aromatic nitrogens is 2. The summed E-state index contributed by atoms with van der Waals surface area (Å²) in [4.78, 5) is 17.0. The van der Waals surface area contributed by atoms with Gasteiger partial charge in [-0.2, -0.15) is 5.10 Å². The predicted octanol–water partition coefficient (Wildman–Crippen LogP) is 1.85. The van der Waals surface area contributed by atoms with Gasteiger partial charge in [-0.15, -0.1) is 0 Å². The van der Waals surface area contributed by atoms with Crippen molar-refractivity contribution in [1.29, 1.82) is 0 Å². The van der Waals surface area contributed by atoms with Crippen molar-refractivity contribution in [3.05, 3.63) is 41.1 Å². The fourth-order valence-electron chi connectivity index (χ4n) is 3.86. The van der Waals surface area contributed by atoms with Crippen LogP contribution in [0.3, 0.4) is 0 Å². The van der Waals surface area contributed by atoms with E-state index in [1.165, 1.54) is 5.56 Å². The van der Waals surface area contributed by atoms with Crippen molar-refractivity contribution in [3.8, 4) is 11.3 Å². The lowest BCUT2D eigenvalue weighted by Crippen LogP contribution is -2.48. The standard InChI is InChI=1S/C19H24N4O2/c1-12-4-5-14(13(2)8-12)15-9-16(21-20-15)19(24)23-10-17-18(11-23)25-7-6-22(17)3/h4-5,8-9,17-18H,6-7,10-11H2,1-3H3,(H,20,21)/t17-,18+/m0/s1. The highest BCUT2D eigenvalue weighted by atomic mass is 16.5. The van der Waals surface area contributed by atoms with Crippen molar-refractivity contribution < 1.29 is 9.53 Å². The number of morpholine rings is 1. The first-order valence-electron chi connectivity index (χ1n) is 8.77. The third-order valence-corrected chi connectivity index (χ3v) is 5.33. The molecule has 2 saturated heterocycles. The molecule has 2 aromatic rings. The SMILES string of the molecule is Cc1ccc(-c2cc(C(=O)N3C[C@H]4OCCN(C)[C@H]4C3)[nH]n2)c(C)c1. The third kappa shape index (κ3) is 2.96. The Kier molecular flexibility index (Phi) is 4.09. The molecule has 2 fully saturated rings. The molecule has 0 unspecified atom stereocenters. The van der Waals surface area contributed by atoms with Gasteiger partial charge in [0, 0.05) is 25.2 Å². The molecular formula is C19H24N4O2. The maximum absolute atomic E-state index is 12.9. The van der Waals surface area contributed by atoms with Gasteiger partial charge in [0.1, 0.15) is 5.69 Å². The smallest absolute Gasteiger partial charge is 0.272 e. The largest absolute Gasteiger partial charge is 0.373 e. The van der Waals surface area contributed by atoms with Crippen molar-refractivity contribution in [1.82, 2.24) is 20.0 Å². The number of benzene rings is 1. The first kappa shape index (κ1) is 16.3. The third-order valence-electron chi connectivity index (χ3n) is 5.33. The van der Waals surface area contributed by atoms with Crippen molar-refractivity contribution >= 4 is 5.91 Å². The summed E-state index contributed by atoms with van der Waals surface area (Å²) in [5.74, 6) is -0.00471. The number of H-pyrrole nitrogens is 1. The highest BCUT2D eigenvalue weighted by molar-refractivity contribution is 5.93. The molecule has 0 bridgehead atoms. The number of aryl methyl sites for hydroxylation is 2. The molecule has 1 aromatic heterocycles. The zero-order valence-electron chi connectivity index (χ0n) is 15.0. The molecule has 3 heterocycles. The van der Waals surface area contributed by atoms with Gasteiger partial charge in [0.2, 0.25) is 0 Å². The van der Waals surface area contributed by atoms with Gasteiger partial charge in [0.05, 0.1) is 24.4 Å². The van der Waals surface area contributed by atoms with E-state index in [0.717, 1.165) is 30.0 Å². The average Bonchev–Trinajstić information content (AvgIpc) is 3.22. The summed E-state index contributed by atoms with van der Waals surface area (Å²) in [6.45, 7) is 7.15. The molecule has 6 nitrogen and oxygen atoms in total. The van der Waals surface area contributed by atoms with Gasteiger partial charge in [-0.05, 0) is 32.5 Å². The number of fused-ring (bicyclic) bond motifs is 1. The average molecular weight is 340 g/mol. The van der Waals surface area contributed by atoms with Gasteiger partial charge in [0.25, 0.3) is 5.91 Å². The Morgan fingerprint density at radius 3 is 2.88 bits per heavy atom. The minimum Gasteiger partial charge on any atom is -0.373 e. The molecule has 2 aliphatic rings. The summed E-state index contributed by atoms with van der Waals surface area (Å²) in [6.07, 6.45) is 0.115. The summed E-state index contributed by atoms with van der Waals surface area (Å²) >= 11 is 0. The lowest BCUT2D eigenvalue weighted by molar-refractivity contribution is -0.0368. The molecule has 2 aliphatic heterocycles. The number of aromatic amines is 1. The Labute approximate surface area is 147 Å². The van der Waals surface area contributed by atoms with Gasteiger partial charge in [-0.3, -0.25) is 14.8 Å². The first-order valence-corrected chi connectivity index (χ1v) is 8.77. The number of rotatable bonds is 2. The maximum atomic E-state index is 12.9. The maximum Gasteiger partial charge on any atom is 0.272 e. The molecule has 1 N–H and O–H groups in total. The number of nitrogens with one attached hydrogen (secondary N) is 1. The number of ether oxygens (including phenoxy) is 1. The van der Waals surface area contributed by atoms with Crippen LogP contribution in [-0.2, 0) is 4.74 Å². The minimum atomic E-state index is -0.00471. The lowest BCUT2D eigenvalue weighted by Gasteiger charge is -2.33. The van der Waals surface area contributed by atoms with E-state index < -0.39 is 0 Å². The normalized spacial score (nSPS) is 23.7. The Morgan fingerprint density at radius 1 is 1.28 bits per heavy atom. The Bertz CT molecular complexity index is 800. The zero-order valence-corrected chi connectivity index (χ0v) is 15.0. The summed E-state index contributed by atoms with van der Waals surface area (Å²) < 4.78 is 5.83. The lowest BCUT2D eigenvalue weighted by atomic mass is 10.0. The van der Waals surface area contributed by atoms with Crippen LogP contribution in [0.4, 0.5) is 0 Å². The molecule has 4 rings (SSSR count). The Hall–Kier alpha value is -2.18. The van der Waals surface area contributed by atoms with Gasteiger partial charge >= 0.3 is 0 Å². The number of carbonyl (C=O) groups is 1. The van der Waals surface area contributed by atoms with E-state index >= 15 is 0 Å². The van der Waals surface area contributed by atoms with Crippen LogP contribution in [0.1, 0.15) is 21.6 Å². The van der Waals surface area contributed by atoms with Crippen LogP contribution < -0.4 is 0 Å². The molecule has 132 valence electrons. The van der Waals surface area contributed by atoms with Gasteiger partial charge in [-0.1, -0.05) is 23.8 Å². The molecule has 1 aromatic carbocycles. The van der Waals surface area contributed by atoms with Crippen LogP contribution in [0.5, 0.6) is 0 Å². The number of carbonyl (C=O) groups excluding carboxylic acids is 1. The van der Waals surface area contributed by atoms with Crippen LogP contribution in [0.25, 0.3) is 11.3 Å². The monoisotopic (exact) mass is 340 g/mol. The zero-order chi connectivity index (χ0) is 17.6. The van der Waals surface area contributed by atoms with Crippen LogP contribution in [0, 0.1) is 13.8 Å². The van der Waals surface area contributed by atoms with Crippen LogP contribution in [-0.4, -0.2) is 71.3 Å². The number of hydrogen-bond acceptors (Lipinski definition) is 4. The highest BCUT2D eigenvalue weighted by Crippen LogP contribution is 2.26. The molecule has 6 heteroatoms. The van der Waals surface area contributed by atoms with Crippen molar-refractivity contribution in [2.45, 2.75) is 26.0 Å². The summed E-state index contributed by atoms with van der Waals surface area (Å²) in [5.41, 5.74) is 4.78. The molecule has 0 spiro atoms. The van der Waals surface area contributed by atoms with Crippen molar-refractivity contribution in [2.24, 2.45) is 0 Å². The van der Waals surface area contributed by atoms with Crippen molar-refractivity contribution in [3.63, 3.8) is 0 Å². The van der Waals surface area contributed by atoms with Crippen LogP contribution >= 0.6 is 0 Å². The van der Waals surface area contributed by atoms with E-state index in [-0.39, 0.29) is 12.0 Å². The summed E-state index contributed by atoms with van der Waals surface area (Å²) in [5, 5.41) is 7.28. The van der Waals surface area contributed by atoms with Crippen LogP contribution in [0.2, 0.25) is 0 Å². The van der Waals surface area contributed by atoms with E-state index in [1.54, 1.807) is 0 Å².